The zero-order valence-corrected chi connectivity index (χ0v) is 30.5. The molecule has 54 heavy (non-hydrogen) atoms. The van der Waals surface area contributed by atoms with Crippen LogP contribution in [0.4, 0.5) is 0 Å². The van der Waals surface area contributed by atoms with Crippen LogP contribution in [-0.4, -0.2) is 15.0 Å². The molecule has 0 unspecified atom stereocenters. The highest BCUT2D eigenvalue weighted by molar-refractivity contribution is 7.27. The molecule has 11 rings (SSSR count). The fourth-order valence-electron chi connectivity index (χ4n) is 7.74. The minimum absolute atomic E-state index is 0.708. The van der Waals surface area contributed by atoms with Gasteiger partial charge in [0.05, 0.1) is 22.6 Å². The Morgan fingerprint density at radius 3 is 1.63 bits per heavy atom. The van der Waals surface area contributed by atoms with E-state index in [0.29, 0.717) is 5.82 Å². The fraction of sp³-hybridized carbons (Fsp3) is 0. The average Bonchev–Trinajstić information content (AvgIpc) is 3.83. The van der Waals surface area contributed by atoms with Crippen LogP contribution in [0.2, 0.25) is 0 Å². The van der Waals surface area contributed by atoms with Gasteiger partial charge in [-0.3, -0.25) is 0 Å². The third kappa shape index (κ3) is 5.05. The Morgan fingerprint density at radius 1 is 0.352 bits per heavy atom. The van der Waals surface area contributed by atoms with E-state index in [1.54, 1.807) is 0 Å². The van der Waals surface area contributed by atoms with Crippen molar-refractivity contribution in [2.24, 2.45) is 0 Å². The highest BCUT2D eigenvalue weighted by atomic mass is 32.1. The molecule has 0 N–H and O–H groups in total. The first-order chi connectivity index (χ1) is 26.8. The normalized spacial score (nSPS) is 11.7. The first kappa shape index (κ1) is 31.0. The number of hydrogen-bond acceptors (Lipinski definition) is 5. The standard InChI is InChI=1S/C49H29N3S2/c1-3-13-30(14-4-1)40-29-41(51-49(50-40)33-15-5-2-6-16-33)31-25-27-32(28-26-31)45-44-38-18-8-10-24-43(38)54-48(44)39-22-11-19-35(46(39)52-45)37-21-12-20-36-34-17-7-9-23-42(34)53-47(36)37/h1-29H. The molecule has 4 aromatic heterocycles. The molecular formula is C49H29N3S2. The van der Waals surface area contributed by atoms with Crippen LogP contribution in [-0.2, 0) is 0 Å². The number of nitrogens with zero attached hydrogens (tertiary/aromatic N) is 3. The molecule has 0 atom stereocenters. The number of rotatable bonds is 5. The van der Waals surface area contributed by atoms with Gasteiger partial charge in [0.25, 0.3) is 0 Å². The summed E-state index contributed by atoms with van der Waals surface area (Å²) < 4.78 is 5.13. The van der Waals surface area contributed by atoms with Crippen LogP contribution in [0.1, 0.15) is 0 Å². The van der Waals surface area contributed by atoms with Gasteiger partial charge >= 0.3 is 0 Å². The van der Waals surface area contributed by atoms with Crippen molar-refractivity contribution in [2.75, 3.05) is 0 Å². The van der Waals surface area contributed by atoms with Crippen molar-refractivity contribution in [3.05, 3.63) is 176 Å². The topological polar surface area (TPSA) is 38.7 Å². The Kier molecular flexibility index (Phi) is 7.22. The lowest BCUT2D eigenvalue weighted by atomic mass is 9.96. The maximum Gasteiger partial charge on any atom is 0.160 e. The van der Waals surface area contributed by atoms with Crippen LogP contribution < -0.4 is 0 Å². The highest BCUT2D eigenvalue weighted by Gasteiger charge is 2.20. The van der Waals surface area contributed by atoms with Crippen LogP contribution >= 0.6 is 22.7 Å². The van der Waals surface area contributed by atoms with Crippen molar-refractivity contribution in [3.63, 3.8) is 0 Å². The van der Waals surface area contributed by atoms with Crippen LogP contribution in [0.25, 0.3) is 108 Å². The molecule has 0 fully saturated rings. The molecule has 0 aliphatic carbocycles. The van der Waals surface area contributed by atoms with Gasteiger partial charge in [0.15, 0.2) is 5.82 Å². The van der Waals surface area contributed by atoms with E-state index < -0.39 is 0 Å². The Hall–Kier alpha value is -6.53. The molecule has 4 heterocycles. The Morgan fingerprint density at radius 2 is 0.889 bits per heavy atom. The van der Waals surface area contributed by atoms with Gasteiger partial charge in [-0.2, -0.15) is 0 Å². The van der Waals surface area contributed by atoms with Gasteiger partial charge in [0, 0.05) is 79.1 Å². The molecule has 0 spiro atoms. The summed E-state index contributed by atoms with van der Waals surface area (Å²) in [5.74, 6) is 0.708. The van der Waals surface area contributed by atoms with Crippen molar-refractivity contribution in [2.45, 2.75) is 0 Å². The summed E-state index contributed by atoms with van der Waals surface area (Å²) in [6.07, 6.45) is 0. The van der Waals surface area contributed by atoms with Gasteiger partial charge < -0.3 is 0 Å². The van der Waals surface area contributed by atoms with E-state index in [0.717, 1.165) is 50.4 Å². The summed E-state index contributed by atoms with van der Waals surface area (Å²) in [5.41, 5.74) is 10.3. The van der Waals surface area contributed by atoms with Gasteiger partial charge in [0.1, 0.15) is 0 Å². The van der Waals surface area contributed by atoms with Crippen LogP contribution in [0.3, 0.4) is 0 Å². The van der Waals surface area contributed by atoms with E-state index in [1.165, 1.54) is 51.3 Å². The van der Waals surface area contributed by atoms with E-state index in [1.807, 2.05) is 59.1 Å². The molecule has 11 aromatic rings. The van der Waals surface area contributed by atoms with Crippen molar-refractivity contribution in [1.29, 1.82) is 0 Å². The third-order valence-corrected chi connectivity index (χ3v) is 12.7. The molecule has 3 nitrogen and oxygen atoms in total. The second-order valence-electron chi connectivity index (χ2n) is 13.5. The number of benzene rings is 7. The molecule has 252 valence electrons. The molecule has 0 aliphatic rings. The van der Waals surface area contributed by atoms with Crippen molar-refractivity contribution >= 4 is 73.9 Å². The minimum atomic E-state index is 0.708. The lowest BCUT2D eigenvalue weighted by Gasteiger charge is -2.13. The Labute approximate surface area is 319 Å². The first-order valence-corrected chi connectivity index (χ1v) is 19.7. The molecule has 0 amide bonds. The molecule has 0 radical (unpaired) electrons. The number of fused-ring (bicyclic) bond motifs is 8. The number of pyridine rings is 1. The molecule has 0 saturated heterocycles. The minimum Gasteiger partial charge on any atom is -0.246 e. The van der Waals surface area contributed by atoms with Crippen molar-refractivity contribution in [1.82, 2.24) is 15.0 Å². The second-order valence-corrected chi connectivity index (χ2v) is 15.6. The average molecular weight is 724 g/mol. The van der Waals surface area contributed by atoms with Crippen molar-refractivity contribution in [3.8, 4) is 56.3 Å². The predicted octanol–water partition coefficient (Wildman–Crippen LogP) is 14.1. The van der Waals surface area contributed by atoms with Crippen LogP contribution in [0.15, 0.2) is 176 Å². The van der Waals surface area contributed by atoms with Crippen molar-refractivity contribution < 1.29 is 0 Å². The highest BCUT2D eigenvalue weighted by Crippen LogP contribution is 2.47. The van der Waals surface area contributed by atoms with Crippen LogP contribution in [0.5, 0.6) is 0 Å². The number of para-hydroxylation sites is 1. The van der Waals surface area contributed by atoms with E-state index in [9.17, 15) is 0 Å². The summed E-state index contributed by atoms with van der Waals surface area (Å²) in [4.78, 5) is 15.7. The summed E-state index contributed by atoms with van der Waals surface area (Å²) in [6.45, 7) is 0. The second kappa shape index (κ2) is 12.6. The van der Waals surface area contributed by atoms with Gasteiger partial charge in [-0.1, -0.05) is 158 Å². The third-order valence-electron chi connectivity index (χ3n) is 10.3. The zero-order chi connectivity index (χ0) is 35.6. The molecule has 0 saturated carbocycles. The van der Waals surface area contributed by atoms with Crippen LogP contribution in [0, 0.1) is 0 Å². The maximum absolute atomic E-state index is 5.63. The Bertz CT molecular complexity index is 3140. The number of hydrogen-bond donors (Lipinski definition) is 0. The van der Waals surface area contributed by atoms with E-state index in [-0.39, 0.29) is 0 Å². The van der Waals surface area contributed by atoms with Gasteiger partial charge in [-0.05, 0) is 18.2 Å². The summed E-state index contributed by atoms with van der Waals surface area (Å²) >= 11 is 3.72. The maximum atomic E-state index is 5.63. The molecule has 0 aliphatic heterocycles. The Balaban J connectivity index is 1.11. The monoisotopic (exact) mass is 723 g/mol. The first-order valence-electron chi connectivity index (χ1n) is 18.0. The van der Waals surface area contributed by atoms with Gasteiger partial charge in [-0.15, -0.1) is 22.7 Å². The fourth-order valence-corrected chi connectivity index (χ4v) is 10.2. The zero-order valence-electron chi connectivity index (χ0n) is 28.9. The summed E-state index contributed by atoms with van der Waals surface area (Å²) in [7, 11) is 0. The predicted molar refractivity (Wildman–Crippen MR) is 230 cm³/mol. The molecule has 5 heteroatoms. The summed E-state index contributed by atoms with van der Waals surface area (Å²) in [5, 5.41) is 6.21. The molecule has 0 bridgehead atoms. The lowest BCUT2D eigenvalue weighted by molar-refractivity contribution is 1.18. The largest absolute Gasteiger partial charge is 0.246 e. The summed E-state index contributed by atoms with van der Waals surface area (Å²) in [6, 6.07) is 62.2. The number of thiophene rings is 2. The van der Waals surface area contributed by atoms with E-state index in [4.69, 9.17) is 15.0 Å². The van der Waals surface area contributed by atoms with Gasteiger partial charge in [-0.25, -0.2) is 15.0 Å². The quantitative estimate of drug-likeness (QED) is 0.177. The molecule has 7 aromatic carbocycles. The lowest BCUT2D eigenvalue weighted by Crippen LogP contribution is -1.96. The molecular weight excluding hydrogens is 695 g/mol. The number of aromatic nitrogens is 3. The van der Waals surface area contributed by atoms with Gasteiger partial charge in [0.2, 0.25) is 0 Å². The van der Waals surface area contributed by atoms with E-state index in [2.05, 4.69) is 140 Å². The SMILES string of the molecule is c1ccc(-c2cc(-c3ccc(-c4nc5c(-c6cccc7c6sc6ccccc67)cccc5c5sc6ccccc6c45)cc3)nc(-c3ccccc3)n2)cc1. The smallest absolute Gasteiger partial charge is 0.160 e. The van der Waals surface area contributed by atoms with E-state index >= 15 is 0 Å².